The van der Waals surface area contributed by atoms with Crippen molar-refractivity contribution in [3.63, 3.8) is 0 Å². The summed E-state index contributed by atoms with van der Waals surface area (Å²) in [7, 11) is 3.93. The number of hydrogen-bond donors (Lipinski definition) is 4. The van der Waals surface area contributed by atoms with Crippen molar-refractivity contribution in [2.24, 2.45) is 5.73 Å². The lowest BCUT2D eigenvalue weighted by molar-refractivity contribution is 0.376. The van der Waals surface area contributed by atoms with Crippen LogP contribution in [-0.2, 0) is 0 Å². The number of aromatic amines is 2. The Kier molecular flexibility index (Phi) is 6.24. The number of H-pyrrole nitrogens is 2. The van der Waals surface area contributed by atoms with E-state index in [0.717, 1.165) is 70.3 Å². The maximum atomic E-state index is 14.7. The lowest BCUT2D eigenvalue weighted by Crippen LogP contribution is -2.26. The van der Waals surface area contributed by atoms with Gasteiger partial charge in [0.25, 0.3) is 0 Å². The van der Waals surface area contributed by atoms with E-state index in [9.17, 15) is 4.39 Å². The van der Waals surface area contributed by atoms with Crippen molar-refractivity contribution in [3.8, 4) is 22.5 Å². The number of aromatic nitrogens is 4. The highest BCUT2D eigenvalue weighted by atomic mass is 19.1. The van der Waals surface area contributed by atoms with Gasteiger partial charge in [-0.05, 0) is 105 Å². The van der Waals surface area contributed by atoms with E-state index in [1.54, 1.807) is 6.07 Å². The molecule has 0 spiro atoms. The molecule has 1 saturated heterocycles. The van der Waals surface area contributed by atoms with Gasteiger partial charge in [0.15, 0.2) is 5.65 Å². The lowest BCUT2D eigenvalue weighted by atomic mass is 9.91. The third kappa shape index (κ3) is 4.64. The highest BCUT2D eigenvalue weighted by molar-refractivity contribution is 6.00. The first kappa shape index (κ1) is 23.8. The van der Waals surface area contributed by atoms with Gasteiger partial charge in [-0.15, -0.1) is 0 Å². The van der Waals surface area contributed by atoms with Crippen molar-refractivity contribution in [3.05, 3.63) is 71.7 Å². The molecule has 5 N–H and O–H groups in total. The van der Waals surface area contributed by atoms with E-state index < -0.39 is 0 Å². The molecule has 0 aliphatic carbocycles. The quantitative estimate of drug-likeness (QED) is 0.266. The smallest absolute Gasteiger partial charge is 0.181 e. The van der Waals surface area contributed by atoms with Gasteiger partial charge in [-0.2, -0.15) is 5.10 Å². The molecule has 0 bridgehead atoms. The molecule has 2 aromatic carbocycles. The molecule has 1 atom stereocenters. The van der Waals surface area contributed by atoms with E-state index in [4.69, 9.17) is 5.73 Å². The van der Waals surface area contributed by atoms with Crippen LogP contribution < -0.4 is 11.1 Å². The number of nitrogens with zero attached hydrogens (tertiary/aromatic N) is 3. The predicted octanol–water partition coefficient (Wildman–Crippen LogP) is 4.94. The summed E-state index contributed by atoms with van der Waals surface area (Å²) in [5.41, 5.74) is 13.7. The maximum absolute atomic E-state index is 14.7. The number of nitrogens with two attached hydrogens (primary N) is 1. The van der Waals surface area contributed by atoms with Gasteiger partial charge in [0, 0.05) is 35.1 Å². The normalized spacial score (nSPS) is 15.7. The van der Waals surface area contributed by atoms with Crippen LogP contribution in [0.4, 0.5) is 4.39 Å². The monoisotopic (exact) mass is 497 g/mol. The summed E-state index contributed by atoms with van der Waals surface area (Å²) in [5.74, 6) is 0.224. The number of benzene rings is 2. The second-order valence-electron chi connectivity index (χ2n) is 10.4. The van der Waals surface area contributed by atoms with Crippen molar-refractivity contribution < 1.29 is 4.39 Å². The Morgan fingerprint density at radius 3 is 2.73 bits per heavy atom. The van der Waals surface area contributed by atoms with Crippen LogP contribution >= 0.6 is 0 Å². The zero-order chi connectivity index (χ0) is 25.5. The minimum absolute atomic E-state index is 0.275. The number of hydrogen-bond acceptors (Lipinski definition) is 5. The molecule has 4 heterocycles. The molecule has 8 heteroatoms. The highest BCUT2D eigenvalue weighted by Crippen LogP contribution is 2.36. The van der Waals surface area contributed by atoms with E-state index in [1.807, 2.05) is 49.5 Å². The Labute approximate surface area is 215 Å². The summed E-state index contributed by atoms with van der Waals surface area (Å²) in [6, 6.07) is 15.2. The highest BCUT2D eigenvalue weighted by Gasteiger charge is 2.19. The minimum atomic E-state index is -0.287. The van der Waals surface area contributed by atoms with E-state index in [-0.39, 0.29) is 11.9 Å². The topological polar surface area (TPSA) is 98.6 Å². The molecule has 3 aromatic heterocycles. The van der Waals surface area contributed by atoms with Crippen LogP contribution in [0.15, 0.2) is 54.7 Å². The van der Waals surface area contributed by atoms with Gasteiger partial charge in [-0.3, -0.25) is 5.10 Å². The second kappa shape index (κ2) is 9.70. The third-order valence-electron chi connectivity index (χ3n) is 7.40. The number of halogens is 1. The zero-order valence-electron chi connectivity index (χ0n) is 21.2. The van der Waals surface area contributed by atoms with Gasteiger partial charge >= 0.3 is 0 Å². The van der Waals surface area contributed by atoms with Gasteiger partial charge < -0.3 is 20.9 Å². The molecule has 1 fully saturated rings. The van der Waals surface area contributed by atoms with Crippen LogP contribution in [0, 0.1) is 5.82 Å². The van der Waals surface area contributed by atoms with Crippen molar-refractivity contribution in [2.45, 2.75) is 24.8 Å². The molecule has 190 valence electrons. The van der Waals surface area contributed by atoms with Crippen LogP contribution in [0.3, 0.4) is 0 Å². The number of pyridine rings is 1. The van der Waals surface area contributed by atoms with Crippen molar-refractivity contribution >= 4 is 21.9 Å². The van der Waals surface area contributed by atoms with Crippen molar-refractivity contribution in [1.29, 1.82) is 0 Å². The summed E-state index contributed by atoms with van der Waals surface area (Å²) in [4.78, 5) is 10.2. The summed E-state index contributed by atoms with van der Waals surface area (Å²) in [6.07, 6.45) is 4.20. The fourth-order valence-corrected chi connectivity index (χ4v) is 5.52. The van der Waals surface area contributed by atoms with Crippen LogP contribution in [0.25, 0.3) is 44.5 Å². The van der Waals surface area contributed by atoms with Crippen LogP contribution in [-0.4, -0.2) is 58.8 Å². The summed E-state index contributed by atoms with van der Waals surface area (Å²) < 4.78 is 14.7. The zero-order valence-corrected chi connectivity index (χ0v) is 21.2. The van der Waals surface area contributed by atoms with Gasteiger partial charge in [0.05, 0.1) is 11.4 Å². The van der Waals surface area contributed by atoms with Gasteiger partial charge in [0.1, 0.15) is 5.82 Å². The molecule has 6 rings (SSSR count). The molecule has 1 aliphatic heterocycles. The Bertz CT molecular complexity index is 1560. The fourth-order valence-electron chi connectivity index (χ4n) is 5.52. The van der Waals surface area contributed by atoms with E-state index in [2.05, 4.69) is 37.6 Å². The first-order chi connectivity index (χ1) is 18.0. The Morgan fingerprint density at radius 1 is 1.08 bits per heavy atom. The summed E-state index contributed by atoms with van der Waals surface area (Å²) in [5, 5.41) is 13.1. The van der Waals surface area contributed by atoms with Crippen molar-refractivity contribution in [1.82, 2.24) is 30.4 Å². The molecular formula is C29H32FN7. The molecule has 37 heavy (non-hydrogen) atoms. The standard InChI is InChI=1S/C29H32FN7/c1-37(2)16-25(31)19-10-18(11-21(30)12-19)22-4-3-5-26-23(22)14-27(34-26)28-24-13-20(15-33-29(24)36-35-28)17-6-8-32-9-7-17/h3-5,10-15,17,25,32,34H,6-9,16,31H2,1-2H3,(H,33,35,36). The Hall–Kier alpha value is -3.59. The van der Waals surface area contributed by atoms with Crippen LogP contribution in [0.5, 0.6) is 0 Å². The van der Waals surface area contributed by atoms with Crippen molar-refractivity contribution in [2.75, 3.05) is 33.7 Å². The van der Waals surface area contributed by atoms with Gasteiger partial charge in [0.2, 0.25) is 0 Å². The molecule has 0 radical (unpaired) electrons. The Morgan fingerprint density at radius 2 is 1.92 bits per heavy atom. The van der Waals surface area contributed by atoms with Gasteiger partial charge in [-0.1, -0.05) is 12.1 Å². The second-order valence-corrected chi connectivity index (χ2v) is 10.4. The first-order valence-electron chi connectivity index (χ1n) is 12.8. The molecular weight excluding hydrogens is 465 g/mol. The minimum Gasteiger partial charge on any atom is -0.353 e. The van der Waals surface area contributed by atoms with E-state index >= 15 is 0 Å². The molecule has 1 aliphatic rings. The summed E-state index contributed by atoms with van der Waals surface area (Å²) >= 11 is 0. The van der Waals surface area contributed by atoms with Crippen LogP contribution in [0.1, 0.15) is 35.9 Å². The SMILES string of the molecule is CN(C)CC(N)c1cc(F)cc(-c2cccc3[nH]c(-c4[nH]nc5ncc(C6CCNCC6)cc45)cc23)c1. The lowest BCUT2D eigenvalue weighted by Gasteiger charge is -2.22. The predicted molar refractivity (Wildman–Crippen MR) is 147 cm³/mol. The molecule has 0 saturated carbocycles. The summed E-state index contributed by atoms with van der Waals surface area (Å²) in [6.45, 7) is 2.71. The van der Waals surface area contributed by atoms with Gasteiger partial charge in [-0.25, -0.2) is 9.37 Å². The molecule has 7 nitrogen and oxygen atoms in total. The third-order valence-corrected chi connectivity index (χ3v) is 7.40. The molecule has 0 amide bonds. The maximum Gasteiger partial charge on any atom is 0.181 e. The van der Waals surface area contributed by atoms with Crippen LogP contribution in [0.2, 0.25) is 0 Å². The largest absolute Gasteiger partial charge is 0.353 e. The number of nitrogens with one attached hydrogen (secondary N) is 3. The number of fused-ring (bicyclic) bond motifs is 2. The molecule has 1 unspecified atom stereocenters. The number of rotatable bonds is 6. The van der Waals surface area contributed by atoms with E-state index in [0.29, 0.717) is 18.1 Å². The number of piperidine rings is 1. The molecule has 5 aromatic rings. The fraction of sp³-hybridized carbons (Fsp3) is 0.310. The van der Waals surface area contributed by atoms with E-state index in [1.165, 1.54) is 11.6 Å². The average molecular weight is 498 g/mol. The average Bonchev–Trinajstić information content (AvgIpc) is 3.52. The Balaban J connectivity index is 1.41. The first-order valence-corrected chi connectivity index (χ1v) is 12.8. The number of likely N-dealkylation sites (N-methyl/N-ethyl adjacent to an activating group) is 1.